The summed E-state index contributed by atoms with van der Waals surface area (Å²) in [6, 6.07) is 0. The predicted octanol–water partition coefficient (Wildman–Crippen LogP) is 4.81. The van der Waals surface area contributed by atoms with E-state index in [2.05, 4.69) is 13.8 Å². The van der Waals surface area contributed by atoms with Crippen LogP contribution in [-0.4, -0.2) is 23.1 Å². The largest absolute Gasteiger partial charge is 0.317 e. The second-order valence-electron chi connectivity index (χ2n) is 11.1. The maximum Gasteiger partial charge on any atom is 0.191 e. The molecule has 0 bridgehead atoms. The van der Waals surface area contributed by atoms with Gasteiger partial charge in [0.15, 0.2) is 17.4 Å². The zero-order chi connectivity index (χ0) is 20.1. The molecule has 4 nitrogen and oxygen atoms in total. The summed E-state index contributed by atoms with van der Waals surface area (Å²) < 4.78 is 12.8. The highest BCUT2D eigenvalue weighted by atomic mass is 16.9. The van der Waals surface area contributed by atoms with E-state index in [1.807, 2.05) is 19.9 Å². The van der Waals surface area contributed by atoms with Gasteiger partial charge in [-0.05, 0) is 88.5 Å². The molecule has 1 saturated heterocycles. The van der Waals surface area contributed by atoms with E-state index in [0.717, 1.165) is 38.5 Å². The summed E-state index contributed by atoms with van der Waals surface area (Å²) in [7, 11) is 0. The molecule has 0 amide bonds. The van der Waals surface area contributed by atoms with Crippen LogP contribution in [0.4, 0.5) is 0 Å². The van der Waals surface area contributed by atoms with Crippen molar-refractivity contribution in [2.75, 3.05) is 0 Å². The topological polar surface area (TPSA) is 52.6 Å². The van der Waals surface area contributed by atoms with Gasteiger partial charge in [0.1, 0.15) is 5.78 Å². The molecule has 5 aliphatic rings. The Kier molecular flexibility index (Phi) is 3.78. The molecule has 4 aliphatic carbocycles. The average molecular weight is 387 g/mol. The first-order chi connectivity index (χ1) is 13.0. The van der Waals surface area contributed by atoms with Crippen molar-refractivity contribution in [2.24, 2.45) is 34.5 Å². The maximum atomic E-state index is 12.5. The lowest BCUT2D eigenvalue weighted by molar-refractivity contribution is -0.529. The van der Waals surface area contributed by atoms with Gasteiger partial charge >= 0.3 is 0 Å². The van der Waals surface area contributed by atoms with E-state index < -0.39 is 11.6 Å². The lowest BCUT2D eigenvalue weighted by Gasteiger charge is -2.68. The van der Waals surface area contributed by atoms with E-state index >= 15 is 0 Å². The van der Waals surface area contributed by atoms with Gasteiger partial charge < -0.3 is 9.47 Å². The summed E-state index contributed by atoms with van der Waals surface area (Å²) in [6.07, 6.45) is 8.72. The fourth-order valence-electron chi connectivity index (χ4n) is 8.39. The molecule has 4 fully saturated rings. The van der Waals surface area contributed by atoms with Gasteiger partial charge in [-0.3, -0.25) is 9.59 Å². The summed E-state index contributed by atoms with van der Waals surface area (Å²) in [5, 5.41) is 0. The number of hydrogen-bond acceptors (Lipinski definition) is 4. The van der Waals surface area contributed by atoms with Crippen molar-refractivity contribution >= 4 is 11.6 Å². The molecule has 1 aliphatic heterocycles. The molecule has 6 atom stereocenters. The van der Waals surface area contributed by atoms with Crippen molar-refractivity contribution in [1.29, 1.82) is 0 Å². The highest BCUT2D eigenvalue weighted by molar-refractivity contribution is 5.93. The first-order valence-corrected chi connectivity index (χ1v) is 11.2. The van der Waals surface area contributed by atoms with Crippen molar-refractivity contribution in [3.05, 3.63) is 11.6 Å². The van der Waals surface area contributed by atoms with E-state index in [1.165, 1.54) is 5.57 Å². The van der Waals surface area contributed by atoms with Crippen molar-refractivity contribution < 1.29 is 19.1 Å². The Hall–Kier alpha value is -1.00. The van der Waals surface area contributed by atoms with Gasteiger partial charge in [-0.2, -0.15) is 0 Å². The van der Waals surface area contributed by atoms with E-state index in [9.17, 15) is 9.59 Å². The number of ketones is 2. The minimum Gasteiger partial charge on any atom is -0.317 e. The molecule has 1 heterocycles. The van der Waals surface area contributed by atoms with Gasteiger partial charge in [0.05, 0.1) is 6.42 Å². The zero-order valence-corrected chi connectivity index (χ0v) is 18.0. The third-order valence-corrected chi connectivity index (χ3v) is 9.44. The second-order valence-corrected chi connectivity index (χ2v) is 11.1. The van der Waals surface area contributed by atoms with Crippen molar-refractivity contribution in [3.63, 3.8) is 0 Å². The summed E-state index contributed by atoms with van der Waals surface area (Å²) in [5.74, 6) is 0.966. The fourth-order valence-corrected chi connectivity index (χ4v) is 8.39. The molecule has 0 aromatic heterocycles. The molecule has 0 unspecified atom stereocenters. The molecule has 0 aromatic rings. The minimum atomic E-state index is -0.798. The number of carbonyl (C=O) groups excluding carboxylic acids is 2. The van der Waals surface area contributed by atoms with Crippen LogP contribution in [0, 0.1) is 34.5 Å². The van der Waals surface area contributed by atoms with Crippen LogP contribution in [0.15, 0.2) is 11.6 Å². The molecular formula is C24H34O4. The van der Waals surface area contributed by atoms with Crippen LogP contribution < -0.4 is 0 Å². The van der Waals surface area contributed by atoms with E-state index in [4.69, 9.17) is 9.47 Å². The predicted molar refractivity (Wildman–Crippen MR) is 105 cm³/mol. The molecule has 0 aromatic carbocycles. The molecule has 28 heavy (non-hydrogen) atoms. The van der Waals surface area contributed by atoms with Crippen LogP contribution >= 0.6 is 0 Å². The van der Waals surface area contributed by atoms with Crippen LogP contribution in [0.25, 0.3) is 0 Å². The first-order valence-electron chi connectivity index (χ1n) is 11.2. The van der Waals surface area contributed by atoms with Gasteiger partial charge in [-0.25, -0.2) is 0 Å². The Morgan fingerprint density at radius 3 is 2.39 bits per heavy atom. The Labute approximate surface area is 168 Å². The van der Waals surface area contributed by atoms with E-state index in [-0.39, 0.29) is 22.5 Å². The summed E-state index contributed by atoms with van der Waals surface area (Å²) >= 11 is 0. The van der Waals surface area contributed by atoms with Gasteiger partial charge in [0.2, 0.25) is 0 Å². The Morgan fingerprint density at radius 2 is 1.75 bits per heavy atom. The zero-order valence-electron chi connectivity index (χ0n) is 18.0. The van der Waals surface area contributed by atoms with Crippen molar-refractivity contribution in [1.82, 2.24) is 0 Å². The highest BCUT2D eigenvalue weighted by Gasteiger charge is 2.71. The van der Waals surface area contributed by atoms with Crippen LogP contribution in [-0.2, 0) is 19.1 Å². The summed E-state index contributed by atoms with van der Waals surface area (Å²) in [5.41, 5.74) is 1.14. The van der Waals surface area contributed by atoms with Crippen LogP contribution in [0.5, 0.6) is 0 Å². The molecule has 0 radical (unpaired) electrons. The quantitative estimate of drug-likeness (QED) is 0.649. The standard InChI is InChI=1S/C24H34O4/c1-14(25)18-8-9-19-17-7-6-15-12-16(26)13-24(27-21(2,3)28-24)23(15,5)20(17)10-11-22(18,19)4/h12,17-20H,6-11,13H2,1-5H3/t17-,18-,19-,20-,22+,23-/m0/s1. The Bertz CT molecular complexity index is 771. The number of Topliss-reactive ketones (excluding diaryl/α,β-unsaturated/α-hetero) is 1. The molecule has 1 spiro atoms. The number of ether oxygens (including phenoxy) is 2. The summed E-state index contributed by atoms with van der Waals surface area (Å²) in [6.45, 7) is 10.3. The van der Waals surface area contributed by atoms with Crippen LogP contribution in [0.3, 0.4) is 0 Å². The Morgan fingerprint density at radius 1 is 1.04 bits per heavy atom. The van der Waals surface area contributed by atoms with Gasteiger partial charge in [0, 0.05) is 11.3 Å². The third kappa shape index (κ3) is 2.19. The molecule has 4 heteroatoms. The minimum absolute atomic E-state index is 0.139. The van der Waals surface area contributed by atoms with Crippen LogP contribution in [0.1, 0.15) is 79.6 Å². The maximum absolute atomic E-state index is 12.5. The second kappa shape index (κ2) is 5.57. The highest BCUT2D eigenvalue weighted by Crippen LogP contribution is 2.70. The van der Waals surface area contributed by atoms with Gasteiger partial charge in [-0.1, -0.05) is 19.4 Å². The third-order valence-electron chi connectivity index (χ3n) is 9.44. The van der Waals surface area contributed by atoms with Crippen molar-refractivity contribution in [2.45, 2.75) is 91.1 Å². The van der Waals surface area contributed by atoms with Gasteiger partial charge in [-0.15, -0.1) is 0 Å². The summed E-state index contributed by atoms with van der Waals surface area (Å²) in [4.78, 5) is 24.9. The van der Waals surface area contributed by atoms with Gasteiger partial charge in [0.25, 0.3) is 0 Å². The molecule has 3 saturated carbocycles. The normalized spacial score (nSPS) is 48.2. The Balaban J connectivity index is 1.54. The molecule has 0 N–H and O–H groups in total. The number of hydrogen-bond donors (Lipinski definition) is 0. The fraction of sp³-hybridized carbons (Fsp3) is 0.833. The lowest BCUT2D eigenvalue weighted by atomic mass is 9.45. The van der Waals surface area contributed by atoms with Crippen LogP contribution in [0.2, 0.25) is 0 Å². The molecular weight excluding hydrogens is 352 g/mol. The average Bonchev–Trinajstić information content (AvgIpc) is 2.92. The first kappa shape index (κ1) is 19.0. The smallest absolute Gasteiger partial charge is 0.191 e. The number of fused-ring (bicyclic) bond motifs is 6. The SMILES string of the molecule is CC(=O)[C@@H]1CC[C@H]2[C@@H]3CCC4=CC(=O)CC5(OC(C)(C)O5)[C@]4(C)[C@H]3CC[C@]12C. The monoisotopic (exact) mass is 386 g/mol. The molecule has 5 rings (SSSR count). The van der Waals surface area contributed by atoms with E-state index in [1.54, 1.807) is 6.92 Å². The number of carbonyl (C=O) groups is 2. The molecule has 154 valence electrons. The van der Waals surface area contributed by atoms with Crippen molar-refractivity contribution in [3.8, 4) is 0 Å². The number of rotatable bonds is 1. The van der Waals surface area contributed by atoms with E-state index in [0.29, 0.717) is 30.0 Å². The lowest BCUT2D eigenvalue weighted by Crippen LogP contribution is -2.72.